The number of hydrogen-bond donors (Lipinski definition) is 2. The zero-order valence-electron chi connectivity index (χ0n) is 24.9. The van der Waals surface area contributed by atoms with E-state index in [0.717, 1.165) is 24.5 Å². The van der Waals surface area contributed by atoms with Gasteiger partial charge in [0.2, 0.25) is 5.82 Å². The number of carbonyl (C=O) groups is 5. The molecule has 238 valence electrons. The predicted molar refractivity (Wildman–Crippen MR) is 150 cm³/mol. The van der Waals surface area contributed by atoms with Crippen molar-refractivity contribution in [3.05, 3.63) is 58.9 Å². The Bertz CT molecular complexity index is 1420. The van der Waals surface area contributed by atoms with Crippen molar-refractivity contribution in [1.29, 1.82) is 0 Å². The van der Waals surface area contributed by atoms with E-state index in [4.69, 9.17) is 9.47 Å². The number of amides is 3. The van der Waals surface area contributed by atoms with Crippen LogP contribution in [0.2, 0.25) is 0 Å². The van der Waals surface area contributed by atoms with Crippen LogP contribution in [-0.4, -0.2) is 79.9 Å². The van der Waals surface area contributed by atoms with Gasteiger partial charge in [0, 0.05) is 23.9 Å². The Morgan fingerprint density at radius 3 is 2.43 bits per heavy atom. The molecule has 1 heterocycles. The van der Waals surface area contributed by atoms with E-state index in [9.17, 15) is 37.1 Å². The maximum atomic E-state index is 14.2. The van der Waals surface area contributed by atoms with Gasteiger partial charge >= 0.3 is 17.8 Å². The Morgan fingerprint density at radius 2 is 1.77 bits per heavy atom. The number of Topliss-reactive ketones (excluding diaryl/α,β-unsaturated/α-hetero) is 1. The number of carbonyl (C=O) groups excluding carboxylic acids is 5. The largest absolute Gasteiger partial charge is 0.482 e. The molecular formula is C30H34F3N3O8. The van der Waals surface area contributed by atoms with Gasteiger partial charge in [-0.1, -0.05) is 39.0 Å². The fraction of sp³-hybridized carbons (Fsp3) is 0.433. The van der Waals surface area contributed by atoms with Gasteiger partial charge in [0.05, 0.1) is 26.7 Å². The van der Waals surface area contributed by atoms with Crippen molar-refractivity contribution < 1.29 is 51.4 Å². The second kappa shape index (κ2) is 14.3. The Labute approximate surface area is 252 Å². The standard InChI is InChI=1S/C30H34F3N3O8/c1-16-18(31)12-19(32)25(33)26(16)44-15-22(37)21(13-24(38)42-5)35-27(39)23-14-36(10-11-43-23)29(41)28(40)34-20-9-7-6-8-17(20)30(2,3)4/h6-9,12,21,23H,10-11,13-15H2,1-5H3,(H,34,40)(H,35,39)/t21-,23?/m0/s1. The molecule has 3 rings (SSSR count). The van der Waals surface area contributed by atoms with Crippen molar-refractivity contribution in [1.82, 2.24) is 10.2 Å². The summed E-state index contributed by atoms with van der Waals surface area (Å²) in [4.78, 5) is 64.8. The Hall–Kier alpha value is -4.46. The number of hydrogen-bond acceptors (Lipinski definition) is 8. The Balaban J connectivity index is 1.68. The average molecular weight is 622 g/mol. The normalized spacial score (nSPS) is 15.6. The number of morpholine rings is 1. The molecule has 0 spiro atoms. The van der Waals surface area contributed by atoms with E-state index in [1.807, 2.05) is 32.9 Å². The van der Waals surface area contributed by atoms with Gasteiger partial charge in [-0.25, -0.2) is 8.78 Å². The molecule has 2 N–H and O–H groups in total. The number of methoxy groups -OCH3 is 1. The molecule has 1 fully saturated rings. The number of esters is 1. The number of ether oxygens (including phenoxy) is 3. The molecule has 11 nitrogen and oxygen atoms in total. The van der Waals surface area contributed by atoms with Crippen LogP contribution < -0.4 is 15.4 Å². The van der Waals surface area contributed by atoms with E-state index in [1.165, 1.54) is 0 Å². The molecule has 2 aromatic rings. The maximum absolute atomic E-state index is 14.2. The van der Waals surface area contributed by atoms with E-state index in [1.54, 1.807) is 12.1 Å². The van der Waals surface area contributed by atoms with Gasteiger partial charge in [-0.15, -0.1) is 0 Å². The summed E-state index contributed by atoms with van der Waals surface area (Å²) in [6, 6.07) is 5.80. The first kappa shape index (κ1) is 34.0. The Kier molecular flexibility index (Phi) is 11.1. The second-order valence-corrected chi connectivity index (χ2v) is 11.1. The van der Waals surface area contributed by atoms with Crippen LogP contribution in [-0.2, 0) is 38.9 Å². The highest BCUT2D eigenvalue weighted by molar-refractivity contribution is 6.39. The number of ketones is 1. The van der Waals surface area contributed by atoms with Gasteiger partial charge in [-0.2, -0.15) is 4.39 Å². The van der Waals surface area contributed by atoms with Gasteiger partial charge in [-0.3, -0.25) is 24.0 Å². The van der Waals surface area contributed by atoms with Gasteiger partial charge in [0.15, 0.2) is 23.5 Å². The van der Waals surface area contributed by atoms with Crippen LogP contribution >= 0.6 is 0 Å². The van der Waals surface area contributed by atoms with Crippen LogP contribution in [0.4, 0.5) is 18.9 Å². The van der Waals surface area contributed by atoms with Crippen molar-refractivity contribution >= 4 is 35.2 Å². The van der Waals surface area contributed by atoms with Gasteiger partial charge in [0.25, 0.3) is 5.91 Å². The molecule has 1 aliphatic rings. The number of anilines is 1. The minimum atomic E-state index is -1.57. The summed E-state index contributed by atoms with van der Waals surface area (Å²) in [5, 5.41) is 4.94. The fourth-order valence-corrected chi connectivity index (χ4v) is 4.40. The topological polar surface area (TPSA) is 140 Å². The molecule has 0 aromatic heterocycles. The van der Waals surface area contributed by atoms with Crippen molar-refractivity contribution in [3.8, 4) is 5.75 Å². The van der Waals surface area contributed by atoms with Gasteiger partial charge < -0.3 is 29.7 Å². The quantitative estimate of drug-likeness (QED) is 0.248. The summed E-state index contributed by atoms with van der Waals surface area (Å²) >= 11 is 0. The number of rotatable bonds is 9. The summed E-state index contributed by atoms with van der Waals surface area (Å²) in [5.41, 5.74) is 0.560. The summed E-state index contributed by atoms with van der Waals surface area (Å²) in [7, 11) is 1.05. The fourth-order valence-electron chi connectivity index (χ4n) is 4.40. The van der Waals surface area contributed by atoms with Crippen LogP contribution in [0.1, 0.15) is 38.3 Å². The first-order chi connectivity index (χ1) is 20.6. The van der Waals surface area contributed by atoms with Crippen molar-refractivity contribution in [2.45, 2.75) is 51.7 Å². The summed E-state index contributed by atoms with van der Waals surface area (Å²) in [6.07, 6.45) is -1.98. The van der Waals surface area contributed by atoms with E-state index in [-0.39, 0.29) is 25.1 Å². The molecule has 0 radical (unpaired) electrons. The van der Waals surface area contributed by atoms with Crippen LogP contribution in [0.3, 0.4) is 0 Å². The third-order valence-corrected chi connectivity index (χ3v) is 6.85. The number of halogens is 3. The van der Waals surface area contributed by atoms with Gasteiger partial charge in [0.1, 0.15) is 18.5 Å². The number of benzene rings is 2. The lowest BCUT2D eigenvalue weighted by molar-refractivity contribution is -0.153. The van der Waals surface area contributed by atoms with E-state index in [0.29, 0.717) is 11.8 Å². The van der Waals surface area contributed by atoms with Gasteiger partial charge in [-0.05, 0) is 24.0 Å². The SMILES string of the molecule is COC(=O)C[C@H](NC(=O)C1CN(C(=O)C(=O)Nc2ccccc2C(C)(C)C)CCO1)C(=O)COc1c(C)c(F)cc(F)c1F. The second-order valence-electron chi connectivity index (χ2n) is 11.1. The van der Waals surface area contributed by atoms with E-state index >= 15 is 0 Å². The van der Waals surface area contributed by atoms with Crippen molar-refractivity contribution in [2.75, 3.05) is 38.7 Å². The lowest BCUT2D eigenvalue weighted by Crippen LogP contribution is -2.56. The van der Waals surface area contributed by atoms with Crippen LogP contribution in [0.25, 0.3) is 0 Å². The van der Waals surface area contributed by atoms with E-state index in [2.05, 4.69) is 15.4 Å². The molecule has 44 heavy (non-hydrogen) atoms. The minimum absolute atomic E-state index is 0.00439. The lowest BCUT2D eigenvalue weighted by atomic mass is 9.86. The zero-order valence-corrected chi connectivity index (χ0v) is 24.9. The molecular weight excluding hydrogens is 587 g/mol. The summed E-state index contributed by atoms with van der Waals surface area (Å²) in [6.45, 7) is 5.56. The monoisotopic (exact) mass is 621 g/mol. The van der Waals surface area contributed by atoms with Crippen molar-refractivity contribution in [2.24, 2.45) is 0 Å². The molecule has 2 atom stereocenters. The maximum Gasteiger partial charge on any atom is 0.313 e. The third-order valence-electron chi connectivity index (χ3n) is 6.85. The molecule has 0 aliphatic carbocycles. The average Bonchev–Trinajstić information content (AvgIpc) is 2.98. The molecule has 1 unspecified atom stereocenters. The number of para-hydroxylation sites is 1. The molecule has 1 aliphatic heterocycles. The molecule has 0 bridgehead atoms. The first-order valence-electron chi connectivity index (χ1n) is 13.6. The van der Waals surface area contributed by atoms with Crippen molar-refractivity contribution in [3.63, 3.8) is 0 Å². The molecule has 0 saturated carbocycles. The summed E-state index contributed by atoms with van der Waals surface area (Å²) < 4.78 is 56.7. The minimum Gasteiger partial charge on any atom is -0.482 e. The molecule has 2 aromatic carbocycles. The van der Waals surface area contributed by atoms with Crippen LogP contribution in [0, 0.1) is 24.4 Å². The van der Waals surface area contributed by atoms with E-state index < -0.39 is 83.4 Å². The molecule has 1 saturated heterocycles. The number of nitrogens with zero attached hydrogens (tertiary/aromatic N) is 1. The predicted octanol–water partition coefficient (Wildman–Crippen LogP) is 2.57. The molecule has 14 heteroatoms. The molecule has 3 amide bonds. The highest BCUT2D eigenvalue weighted by Gasteiger charge is 2.35. The lowest BCUT2D eigenvalue weighted by Gasteiger charge is -2.32. The summed E-state index contributed by atoms with van der Waals surface area (Å²) in [5.74, 6) is -9.57. The van der Waals surface area contributed by atoms with Crippen LogP contribution in [0.5, 0.6) is 5.75 Å². The highest BCUT2D eigenvalue weighted by atomic mass is 19.2. The Morgan fingerprint density at radius 1 is 1.09 bits per heavy atom. The highest BCUT2D eigenvalue weighted by Crippen LogP contribution is 2.29. The number of nitrogens with one attached hydrogen (secondary N) is 2. The van der Waals surface area contributed by atoms with Crippen LogP contribution in [0.15, 0.2) is 30.3 Å². The first-order valence-corrected chi connectivity index (χ1v) is 13.6. The third kappa shape index (κ3) is 8.34. The smallest absolute Gasteiger partial charge is 0.313 e. The zero-order chi connectivity index (χ0) is 32.8.